The molecule has 0 saturated carbocycles. The van der Waals surface area contributed by atoms with E-state index in [2.05, 4.69) is 23.1 Å². The van der Waals surface area contributed by atoms with Crippen LogP contribution >= 0.6 is 0 Å². The molecule has 3 heterocycles. The van der Waals surface area contributed by atoms with E-state index >= 15 is 0 Å². The highest BCUT2D eigenvalue weighted by Crippen LogP contribution is 2.26. The van der Waals surface area contributed by atoms with Gasteiger partial charge >= 0.3 is 6.09 Å². The average molecular weight is 486 g/mol. The molecule has 7 heteroatoms. The van der Waals surface area contributed by atoms with Gasteiger partial charge in [-0.2, -0.15) is 0 Å². The quantitative estimate of drug-likeness (QED) is 0.563. The van der Waals surface area contributed by atoms with E-state index in [0.717, 1.165) is 44.6 Å². The van der Waals surface area contributed by atoms with Crippen LogP contribution in [-0.4, -0.2) is 84.2 Å². The van der Waals surface area contributed by atoms with Gasteiger partial charge in [-0.15, -0.1) is 0 Å². The Balaban J connectivity index is 1.28. The standard InChI is InChI=1S/C28H43N3O4/c1-28(2,3)35-27(33)31-17-7-9-25(31)26(32)30-18-12-22-10-11-24(21-23(22)13-19-30)34-20-8-16-29-14-5-4-6-15-29/h10-11,21,25H,4-9,12-20H2,1-3H3. The van der Waals surface area contributed by atoms with E-state index in [0.29, 0.717) is 26.1 Å². The first-order chi connectivity index (χ1) is 16.8. The summed E-state index contributed by atoms with van der Waals surface area (Å²) in [6.07, 6.45) is 7.87. The van der Waals surface area contributed by atoms with Crippen molar-refractivity contribution in [3.8, 4) is 5.75 Å². The van der Waals surface area contributed by atoms with Gasteiger partial charge in [0, 0.05) is 26.2 Å². The third kappa shape index (κ3) is 7.12. The van der Waals surface area contributed by atoms with Gasteiger partial charge in [-0.25, -0.2) is 4.79 Å². The van der Waals surface area contributed by atoms with Gasteiger partial charge in [-0.3, -0.25) is 9.69 Å². The molecule has 0 spiro atoms. The molecule has 1 aromatic carbocycles. The molecule has 0 aliphatic carbocycles. The maximum atomic E-state index is 13.4. The molecular weight excluding hydrogens is 442 g/mol. The highest BCUT2D eigenvalue weighted by atomic mass is 16.6. The van der Waals surface area contributed by atoms with Crippen molar-refractivity contribution in [1.82, 2.24) is 14.7 Å². The van der Waals surface area contributed by atoms with Gasteiger partial charge in [-0.1, -0.05) is 12.5 Å². The Morgan fingerprint density at radius 2 is 1.69 bits per heavy atom. The summed E-state index contributed by atoms with van der Waals surface area (Å²) in [5.41, 5.74) is 1.99. The zero-order valence-electron chi connectivity index (χ0n) is 21.9. The number of ether oxygens (including phenoxy) is 2. The Kier molecular flexibility index (Phi) is 8.58. The zero-order chi connectivity index (χ0) is 24.8. The van der Waals surface area contributed by atoms with E-state index in [-0.39, 0.29) is 12.0 Å². The molecule has 35 heavy (non-hydrogen) atoms. The highest BCUT2D eigenvalue weighted by Gasteiger charge is 2.38. The van der Waals surface area contributed by atoms with Crippen LogP contribution in [0.4, 0.5) is 4.79 Å². The number of carbonyl (C=O) groups is 2. The average Bonchev–Trinajstić information content (AvgIpc) is 3.23. The molecule has 2 fully saturated rings. The van der Waals surface area contributed by atoms with Crippen LogP contribution < -0.4 is 4.74 Å². The number of nitrogens with zero attached hydrogens (tertiary/aromatic N) is 3. The fourth-order valence-corrected chi connectivity index (χ4v) is 5.45. The van der Waals surface area contributed by atoms with Gasteiger partial charge in [0.15, 0.2) is 0 Å². The lowest BCUT2D eigenvalue weighted by atomic mass is 10.0. The molecule has 194 valence electrons. The number of piperidine rings is 1. The van der Waals surface area contributed by atoms with E-state index in [4.69, 9.17) is 9.47 Å². The SMILES string of the molecule is CC(C)(C)OC(=O)N1CCCC1C(=O)N1CCc2ccc(OCCCN3CCCCC3)cc2CC1. The van der Waals surface area contributed by atoms with Crippen LogP contribution in [0, 0.1) is 0 Å². The van der Waals surface area contributed by atoms with E-state index in [9.17, 15) is 9.59 Å². The number of hydrogen-bond donors (Lipinski definition) is 0. The zero-order valence-corrected chi connectivity index (χ0v) is 21.9. The Hall–Kier alpha value is -2.28. The van der Waals surface area contributed by atoms with Crippen molar-refractivity contribution in [2.75, 3.05) is 45.9 Å². The molecule has 1 unspecified atom stereocenters. The first-order valence-corrected chi connectivity index (χ1v) is 13.6. The molecule has 1 atom stereocenters. The Labute approximate surface area is 210 Å². The van der Waals surface area contributed by atoms with Gasteiger partial charge in [-0.05, 0) is 102 Å². The summed E-state index contributed by atoms with van der Waals surface area (Å²) in [4.78, 5) is 32.2. The fourth-order valence-electron chi connectivity index (χ4n) is 5.45. The summed E-state index contributed by atoms with van der Waals surface area (Å²) in [5.74, 6) is 0.976. The van der Waals surface area contributed by atoms with Crippen LogP contribution in [0.3, 0.4) is 0 Å². The van der Waals surface area contributed by atoms with Crippen LogP contribution in [0.5, 0.6) is 5.75 Å². The monoisotopic (exact) mass is 485 g/mol. The Bertz CT molecular complexity index is 875. The number of benzene rings is 1. The minimum absolute atomic E-state index is 0.0513. The molecule has 3 aliphatic heterocycles. The van der Waals surface area contributed by atoms with Crippen molar-refractivity contribution < 1.29 is 19.1 Å². The van der Waals surface area contributed by atoms with Crippen molar-refractivity contribution in [3.63, 3.8) is 0 Å². The minimum atomic E-state index is -0.565. The van der Waals surface area contributed by atoms with Crippen molar-refractivity contribution >= 4 is 12.0 Å². The number of rotatable bonds is 6. The first-order valence-electron chi connectivity index (χ1n) is 13.6. The van der Waals surface area contributed by atoms with Crippen LogP contribution in [0.1, 0.15) is 70.4 Å². The summed E-state index contributed by atoms with van der Waals surface area (Å²) < 4.78 is 11.6. The van der Waals surface area contributed by atoms with Crippen LogP contribution in [0.15, 0.2) is 18.2 Å². The second-order valence-corrected chi connectivity index (χ2v) is 11.2. The topological polar surface area (TPSA) is 62.3 Å². The summed E-state index contributed by atoms with van der Waals surface area (Å²) >= 11 is 0. The number of amides is 2. The smallest absolute Gasteiger partial charge is 0.410 e. The van der Waals surface area contributed by atoms with Gasteiger partial charge in [0.05, 0.1) is 6.61 Å². The summed E-state index contributed by atoms with van der Waals surface area (Å²) in [6.45, 7) is 11.8. The van der Waals surface area contributed by atoms with Crippen molar-refractivity contribution in [1.29, 1.82) is 0 Å². The first kappa shape index (κ1) is 25.8. The van der Waals surface area contributed by atoms with E-state index < -0.39 is 11.6 Å². The van der Waals surface area contributed by atoms with Crippen LogP contribution in [0.25, 0.3) is 0 Å². The van der Waals surface area contributed by atoms with Gasteiger partial charge in [0.25, 0.3) is 0 Å². The molecule has 0 N–H and O–H groups in total. The number of likely N-dealkylation sites (tertiary alicyclic amines) is 2. The molecule has 3 aliphatic rings. The minimum Gasteiger partial charge on any atom is -0.494 e. The maximum absolute atomic E-state index is 13.4. The number of hydrogen-bond acceptors (Lipinski definition) is 5. The van der Waals surface area contributed by atoms with Gasteiger partial charge < -0.3 is 19.3 Å². The predicted octanol–water partition coefficient (Wildman–Crippen LogP) is 4.27. The second kappa shape index (κ2) is 11.6. The van der Waals surface area contributed by atoms with Crippen molar-refractivity contribution in [3.05, 3.63) is 29.3 Å². The molecule has 0 aromatic heterocycles. The predicted molar refractivity (Wildman–Crippen MR) is 137 cm³/mol. The summed E-state index contributed by atoms with van der Waals surface area (Å²) in [6, 6.07) is 5.97. The van der Waals surface area contributed by atoms with Crippen molar-refractivity contribution in [2.45, 2.75) is 83.8 Å². The lowest BCUT2D eigenvalue weighted by Gasteiger charge is -2.31. The second-order valence-electron chi connectivity index (χ2n) is 11.2. The summed E-state index contributed by atoms with van der Waals surface area (Å²) in [7, 11) is 0. The lowest BCUT2D eigenvalue weighted by Crippen LogP contribution is -2.49. The molecule has 4 rings (SSSR count). The van der Waals surface area contributed by atoms with Crippen LogP contribution in [0.2, 0.25) is 0 Å². The summed E-state index contributed by atoms with van der Waals surface area (Å²) in [5, 5.41) is 0. The molecule has 7 nitrogen and oxygen atoms in total. The number of carbonyl (C=O) groups excluding carboxylic acids is 2. The Morgan fingerprint density at radius 3 is 2.43 bits per heavy atom. The third-order valence-electron chi connectivity index (χ3n) is 7.29. The molecular formula is C28H43N3O4. The molecule has 0 radical (unpaired) electrons. The largest absolute Gasteiger partial charge is 0.494 e. The fraction of sp³-hybridized carbons (Fsp3) is 0.714. The number of fused-ring (bicyclic) bond motifs is 1. The molecule has 0 bridgehead atoms. The normalized spacial score (nSPS) is 21.4. The van der Waals surface area contributed by atoms with E-state index in [1.165, 1.54) is 43.5 Å². The maximum Gasteiger partial charge on any atom is 0.410 e. The molecule has 2 amide bonds. The molecule has 1 aromatic rings. The Morgan fingerprint density at radius 1 is 0.943 bits per heavy atom. The van der Waals surface area contributed by atoms with Crippen molar-refractivity contribution in [2.24, 2.45) is 0 Å². The van der Waals surface area contributed by atoms with E-state index in [1.54, 1.807) is 4.90 Å². The lowest BCUT2D eigenvalue weighted by molar-refractivity contribution is -0.135. The third-order valence-corrected chi connectivity index (χ3v) is 7.29. The van der Waals surface area contributed by atoms with Crippen LogP contribution in [-0.2, 0) is 22.4 Å². The van der Waals surface area contributed by atoms with Gasteiger partial charge in [0.1, 0.15) is 17.4 Å². The van der Waals surface area contributed by atoms with Gasteiger partial charge in [0.2, 0.25) is 5.91 Å². The van der Waals surface area contributed by atoms with E-state index in [1.807, 2.05) is 25.7 Å². The highest BCUT2D eigenvalue weighted by molar-refractivity contribution is 5.86. The molecule has 2 saturated heterocycles.